The molecular weight excluding hydrogens is 204 g/mol. The summed E-state index contributed by atoms with van der Waals surface area (Å²) in [5, 5.41) is 0. The molecule has 1 aromatic carbocycles. The Morgan fingerprint density at radius 1 is 1.44 bits per heavy atom. The summed E-state index contributed by atoms with van der Waals surface area (Å²) in [6, 6.07) is 7.55. The van der Waals surface area contributed by atoms with Gasteiger partial charge in [0, 0.05) is 5.54 Å². The first-order valence-corrected chi connectivity index (χ1v) is 5.38. The van der Waals surface area contributed by atoms with Crippen LogP contribution in [0.15, 0.2) is 28.7 Å². The summed E-state index contributed by atoms with van der Waals surface area (Å²) in [6.45, 7) is 4.36. The number of aromatic nitrogens is 1. The molecule has 1 atom stereocenters. The molecule has 2 aromatic rings. The van der Waals surface area contributed by atoms with E-state index >= 15 is 0 Å². The zero-order valence-corrected chi connectivity index (χ0v) is 9.56. The average Bonchev–Trinajstić information content (AvgIpc) is 2.69. The lowest BCUT2D eigenvalue weighted by atomic mass is 10.0. The molecular formula is C12H16N2O2. The van der Waals surface area contributed by atoms with Crippen LogP contribution < -0.4 is 10.5 Å². The summed E-state index contributed by atoms with van der Waals surface area (Å²) in [7, 11) is 0. The first kappa shape index (κ1) is 11.0. The summed E-state index contributed by atoms with van der Waals surface area (Å²) >= 11 is 0. The smallest absolute Gasteiger partial charge is 0.394 e. The van der Waals surface area contributed by atoms with Crippen molar-refractivity contribution in [3.63, 3.8) is 0 Å². The van der Waals surface area contributed by atoms with Crippen LogP contribution in [0.5, 0.6) is 6.08 Å². The number of para-hydroxylation sites is 2. The lowest BCUT2D eigenvalue weighted by Gasteiger charge is -2.20. The lowest BCUT2D eigenvalue weighted by Crippen LogP contribution is -2.41. The molecule has 0 aliphatic rings. The first-order valence-electron chi connectivity index (χ1n) is 5.38. The largest absolute Gasteiger partial charge is 0.448 e. The molecule has 1 heterocycles. The predicted molar refractivity (Wildman–Crippen MR) is 62.4 cm³/mol. The van der Waals surface area contributed by atoms with Crippen molar-refractivity contribution in [2.45, 2.75) is 25.8 Å². The molecule has 0 amide bonds. The van der Waals surface area contributed by atoms with Crippen LogP contribution in [0, 0.1) is 0 Å². The molecule has 2 N–H and O–H groups in total. The van der Waals surface area contributed by atoms with Crippen molar-refractivity contribution >= 4 is 11.1 Å². The van der Waals surface area contributed by atoms with E-state index in [-0.39, 0.29) is 11.6 Å². The number of benzene rings is 1. The Morgan fingerprint density at radius 3 is 2.88 bits per heavy atom. The van der Waals surface area contributed by atoms with Crippen LogP contribution in [-0.2, 0) is 0 Å². The van der Waals surface area contributed by atoms with E-state index in [9.17, 15) is 0 Å². The van der Waals surface area contributed by atoms with E-state index in [1.54, 1.807) is 0 Å². The minimum absolute atomic E-state index is 0.284. The average molecular weight is 220 g/mol. The van der Waals surface area contributed by atoms with Gasteiger partial charge in [0.25, 0.3) is 0 Å². The molecule has 16 heavy (non-hydrogen) atoms. The van der Waals surface area contributed by atoms with E-state index in [1.807, 2.05) is 38.1 Å². The molecule has 0 saturated carbocycles. The van der Waals surface area contributed by atoms with Gasteiger partial charge in [0.1, 0.15) is 12.1 Å². The summed E-state index contributed by atoms with van der Waals surface area (Å²) in [5.41, 5.74) is 7.15. The van der Waals surface area contributed by atoms with Gasteiger partial charge >= 0.3 is 6.08 Å². The Morgan fingerprint density at radius 2 is 2.19 bits per heavy atom. The van der Waals surface area contributed by atoms with E-state index in [1.165, 1.54) is 0 Å². The maximum Gasteiger partial charge on any atom is 0.394 e. The minimum Gasteiger partial charge on any atom is -0.448 e. The van der Waals surface area contributed by atoms with Crippen LogP contribution >= 0.6 is 0 Å². The van der Waals surface area contributed by atoms with Crippen molar-refractivity contribution in [1.29, 1.82) is 0 Å². The number of nitrogens with zero attached hydrogens (tertiary/aromatic N) is 1. The molecule has 2 rings (SSSR count). The summed E-state index contributed by atoms with van der Waals surface area (Å²) < 4.78 is 10.9. The molecule has 0 spiro atoms. The van der Waals surface area contributed by atoms with E-state index < -0.39 is 0 Å². The Hall–Kier alpha value is -1.55. The zero-order valence-electron chi connectivity index (χ0n) is 9.56. The van der Waals surface area contributed by atoms with Crippen molar-refractivity contribution < 1.29 is 9.15 Å². The van der Waals surface area contributed by atoms with E-state index in [0.717, 1.165) is 17.5 Å². The highest BCUT2D eigenvalue weighted by Gasteiger charge is 2.18. The lowest BCUT2D eigenvalue weighted by molar-refractivity contribution is 0.177. The predicted octanol–water partition coefficient (Wildman–Crippen LogP) is 2.33. The Balaban J connectivity index is 2.10. The number of ether oxygens (including phenoxy) is 1. The third-order valence-corrected chi connectivity index (χ3v) is 2.61. The molecule has 86 valence electrons. The SMILES string of the molecule is CCC(C)(N)COc1nc2ccccc2o1. The van der Waals surface area contributed by atoms with Crippen LogP contribution in [0.2, 0.25) is 0 Å². The zero-order chi connectivity index (χ0) is 11.6. The second kappa shape index (κ2) is 4.14. The normalized spacial score (nSPS) is 14.9. The third-order valence-electron chi connectivity index (χ3n) is 2.61. The summed E-state index contributed by atoms with van der Waals surface area (Å²) in [4.78, 5) is 4.21. The van der Waals surface area contributed by atoms with Crippen LogP contribution in [0.25, 0.3) is 11.1 Å². The van der Waals surface area contributed by atoms with Crippen LogP contribution in [-0.4, -0.2) is 17.1 Å². The van der Waals surface area contributed by atoms with Gasteiger partial charge in [-0.25, -0.2) is 0 Å². The van der Waals surface area contributed by atoms with Crippen LogP contribution in [0.3, 0.4) is 0 Å². The molecule has 0 saturated heterocycles. The fourth-order valence-corrected chi connectivity index (χ4v) is 1.24. The Labute approximate surface area is 94.4 Å². The third kappa shape index (κ3) is 2.33. The van der Waals surface area contributed by atoms with Crippen molar-refractivity contribution in [3.05, 3.63) is 24.3 Å². The van der Waals surface area contributed by atoms with Gasteiger partial charge in [-0.05, 0) is 25.5 Å². The molecule has 1 unspecified atom stereocenters. The first-order chi connectivity index (χ1) is 7.61. The number of hydrogen-bond acceptors (Lipinski definition) is 4. The van der Waals surface area contributed by atoms with Crippen LogP contribution in [0.4, 0.5) is 0 Å². The van der Waals surface area contributed by atoms with Gasteiger partial charge in [0.05, 0.1) is 0 Å². The molecule has 1 aromatic heterocycles. The van der Waals surface area contributed by atoms with Gasteiger partial charge < -0.3 is 14.9 Å². The van der Waals surface area contributed by atoms with E-state index in [2.05, 4.69) is 4.98 Å². The monoisotopic (exact) mass is 220 g/mol. The number of nitrogens with two attached hydrogens (primary N) is 1. The second-order valence-corrected chi connectivity index (χ2v) is 4.24. The van der Waals surface area contributed by atoms with Gasteiger partial charge in [0.15, 0.2) is 5.58 Å². The van der Waals surface area contributed by atoms with Gasteiger partial charge in [-0.2, -0.15) is 4.98 Å². The number of oxazole rings is 1. The Kier molecular flexibility index (Phi) is 2.83. The molecule has 0 radical (unpaired) electrons. The molecule has 0 aliphatic carbocycles. The quantitative estimate of drug-likeness (QED) is 0.859. The molecule has 0 fully saturated rings. The topological polar surface area (TPSA) is 61.3 Å². The van der Waals surface area contributed by atoms with Gasteiger partial charge in [-0.15, -0.1) is 0 Å². The molecule has 0 bridgehead atoms. The van der Waals surface area contributed by atoms with Gasteiger partial charge in [-0.1, -0.05) is 19.1 Å². The highest BCUT2D eigenvalue weighted by molar-refractivity contribution is 5.72. The maximum atomic E-state index is 5.96. The second-order valence-electron chi connectivity index (χ2n) is 4.24. The van der Waals surface area contributed by atoms with Gasteiger partial charge in [0.2, 0.25) is 0 Å². The van der Waals surface area contributed by atoms with Crippen molar-refractivity contribution in [3.8, 4) is 6.08 Å². The van der Waals surface area contributed by atoms with Gasteiger partial charge in [-0.3, -0.25) is 0 Å². The van der Waals surface area contributed by atoms with Crippen molar-refractivity contribution in [2.75, 3.05) is 6.61 Å². The molecule has 4 nitrogen and oxygen atoms in total. The number of hydrogen-bond donors (Lipinski definition) is 1. The van der Waals surface area contributed by atoms with Crippen molar-refractivity contribution in [1.82, 2.24) is 4.98 Å². The highest BCUT2D eigenvalue weighted by Crippen LogP contribution is 2.20. The maximum absolute atomic E-state index is 5.96. The standard InChI is InChI=1S/C12H16N2O2/c1-3-12(2,13)8-15-11-14-9-6-4-5-7-10(9)16-11/h4-7H,3,8,13H2,1-2H3. The molecule has 4 heteroatoms. The van der Waals surface area contributed by atoms with Crippen LogP contribution in [0.1, 0.15) is 20.3 Å². The van der Waals surface area contributed by atoms with Crippen molar-refractivity contribution in [2.24, 2.45) is 5.73 Å². The van der Waals surface area contributed by atoms with E-state index in [0.29, 0.717) is 6.61 Å². The number of fused-ring (bicyclic) bond motifs is 1. The number of rotatable bonds is 4. The minimum atomic E-state index is -0.347. The fraction of sp³-hybridized carbons (Fsp3) is 0.417. The summed E-state index contributed by atoms with van der Waals surface area (Å²) in [5.74, 6) is 0. The summed E-state index contributed by atoms with van der Waals surface area (Å²) in [6.07, 6.45) is 1.12. The highest BCUT2D eigenvalue weighted by atomic mass is 16.6. The fourth-order valence-electron chi connectivity index (χ4n) is 1.24. The molecule has 0 aliphatic heterocycles. The Bertz CT molecular complexity index is 444. The van der Waals surface area contributed by atoms with E-state index in [4.69, 9.17) is 14.9 Å².